The summed E-state index contributed by atoms with van der Waals surface area (Å²) in [5.74, 6) is 1.59. The predicted octanol–water partition coefficient (Wildman–Crippen LogP) is 1.46. The van der Waals surface area contributed by atoms with E-state index in [1.807, 2.05) is 25.1 Å². The van der Waals surface area contributed by atoms with E-state index in [0.29, 0.717) is 29.7 Å². The van der Waals surface area contributed by atoms with Crippen LogP contribution in [0.25, 0.3) is 0 Å². The summed E-state index contributed by atoms with van der Waals surface area (Å²) in [5, 5.41) is 6.84. The Morgan fingerprint density at radius 3 is 2.83 bits per heavy atom. The fourth-order valence-corrected chi connectivity index (χ4v) is 4.19. The number of para-hydroxylation sites is 1. The number of nitrogens with zero attached hydrogens (tertiary/aromatic N) is 1. The van der Waals surface area contributed by atoms with Crippen LogP contribution in [0.1, 0.15) is 13.3 Å². The van der Waals surface area contributed by atoms with Gasteiger partial charge in [0.1, 0.15) is 11.9 Å². The summed E-state index contributed by atoms with van der Waals surface area (Å²) in [6, 6.07) is 7.21. The van der Waals surface area contributed by atoms with Gasteiger partial charge in [0, 0.05) is 13.1 Å². The van der Waals surface area contributed by atoms with E-state index in [-0.39, 0.29) is 23.7 Å². The standard InChI is InChI=1S/C15H22ClN3O3S/c1-11(22-14-6-4-3-5-13(14)16)9-18-15(17-2)19-12-7-8-23(20,21)10-12/h3-6,11-12H,7-10H2,1-2H3,(H2,17,18,19). The molecule has 0 radical (unpaired) electrons. The summed E-state index contributed by atoms with van der Waals surface area (Å²) >= 11 is 6.06. The third-order valence-electron chi connectivity index (χ3n) is 3.52. The normalized spacial score (nSPS) is 21.7. The monoisotopic (exact) mass is 359 g/mol. The zero-order chi connectivity index (χ0) is 16.9. The first-order valence-corrected chi connectivity index (χ1v) is 9.68. The first kappa shape index (κ1) is 17.9. The number of hydrogen-bond donors (Lipinski definition) is 2. The number of hydrogen-bond acceptors (Lipinski definition) is 4. The van der Waals surface area contributed by atoms with Crippen LogP contribution in [0.4, 0.5) is 0 Å². The zero-order valence-electron chi connectivity index (χ0n) is 13.3. The first-order valence-electron chi connectivity index (χ1n) is 7.48. The lowest BCUT2D eigenvalue weighted by molar-refractivity contribution is 0.224. The Morgan fingerprint density at radius 2 is 2.22 bits per heavy atom. The molecule has 0 aliphatic carbocycles. The topological polar surface area (TPSA) is 79.8 Å². The smallest absolute Gasteiger partial charge is 0.191 e. The lowest BCUT2D eigenvalue weighted by atomic mass is 10.3. The third-order valence-corrected chi connectivity index (χ3v) is 5.60. The zero-order valence-corrected chi connectivity index (χ0v) is 14.8. The summed E-state index contributed by atoms with van der Waals surface area (Å²) in [5.41, 5.74) is 0. The minimum Gasteiger partial charge on any atom is -0.487 e. The molecule has 128 valence electrons. The van der Waals surface area contributed by atoms with Crippen molar-refractivity contribution in [1.82, 2.24) is 10.6 Å². The van der Waals surface area contributed by atoms with Crippen LogP contribution >= 0.6 is 11.6 Å². The van der Waals surface area contributed by atoms with Crippen molar-refractivity contribution >= 4 is 27.4 Å². The molecule has 1 aromatic rings. The van der Waals surface area contributed by atoms with E-state index in [2.05, 4.69) is 15.6 Å². The van der Waals surface area contributed by atoms with Crippen molar-refractivity contribution in [2.24, 2.45) is 4.99 Å². The number of rotatable bonds is 5. The van der Waals surface area contributed by atoms with Crippen LogP contribution in [0.2, 0.25) is 5.02 Å². The molecule has 0 saturated carbocycles. The van der Waals surface area contributed by atoms with Crippen molar-refractivity contribution < 1.29 is 13.2 Å². The van der Waals surface area contributed by atoms with Crippen LogP contribution in [-0.2, 0) is 9.84 Å². The average Bonchev–Trinajstić information content (AvgIpc) is 2.85. The van der Waals surface area contributed by atoms with Gasteiger partial charge in [-0.05, 0) is 25.5 Å². The van der Waals surface area contributed by atoms with Crippen molar-refractivity contribution in [3.63, 3.8) is 0 Å². The number of ether oxygens (including phenoxy) is 1. The van der Waals surface area contributed by atoms with Gasteiger partial charge in [-0.2, -0.15) is 0 Å². The molecule has 1 fully saturated rings. The average molecular weight is 360 g/mol. The van der Waals surface area contributed by atoms with Crippen LogP contribution in [0.15, 0.2) is 29.3 Å². The van der Waals surface area contributed by atoms with Crippen molar-refractivity contribution in [2.75, 3.05) is 25.1 Å². The Balaban J connectivity index is 1.80. The Kier molecular flexibility index (Phi) is 6.12. The third kappa shape index (κ3) is 5.58. The number of aliphatic imine (C=N–C) groups is 1. The summed E-state index contributed by atoms with van der Waals surface area (Å²) in [4.78, 5) is 4.11. The van der Waals surface area contributed by atoms with Crippen molar-refractivity contribution in [3.8, 4) is 5.75 Å². The van der Waals surface area contributed by atoms with Gasteiger partial charge in [0.15, 0.2) is 15.8 Å². The molecule has 0 spiro atoms. The molecule has 2 rings (SSSR count). The number of sulfone groups is 1. The Labute approximate surface area is 142 Å². The molecule has 6 nitrogen and oxygen atoms in total. The molecule has 1 saturated heterocycles. The quantitative estimate of drug-likeness (QED) is 0.614. The molecule has 0 aromatic heterocycles. The largest absolute Gasteiger partial charge is 0.487 e. The van der Waals surface area contributed by atoms with E-state index in [1.165, 1.54) is 0 Å². The first-order chi connectivity index (χ1) is 10.9. The van der Waals surface area contributed by atoms with Gasteiger partial charge >= 0.3 is 0 Å². The summed E-state index contributed by atoms with van der Waals surface area (Å²) in [6.45, 7) is 2.44. The Morgan fingerprint density at radius 1 is 1.48 bits per heavy atom. The maximum Gasteiger partial charge on any atom is 0.191 e. The molecule has 1 heterocycles. The predicted molar refractivity (Wildman–Crippen MR) is 93.1 cm³/mol. The van der Waals surface area contributed by atoms with Gasteiger partial charge in [-0.15, -0.1) is 0 Å². The van der Waals surface area contributed by atoms with Crippen LogP contribution in [0.5, 0.6) is 5.75 Å². The second-order valence-electron chi connectivity index (χ2n) is 5.56. The molecule has 23 heavy (non-hydrogen) atoms. The van der Waals surface area contributed by atoms with Crippen LogP contribution in [0, 0.1) is 0 Å². The van der Waals surface area contributed by atoms with E-state index in [4.69, 9.17) is 16.3 Å². The highest BCUT2D eigenvalue weighted by Gasteiger charge is 2.28. The fourth-order valence-electron chi connectivity index (χ4n) is 2.34. The second-order valence-corrected chi connectivity index (χ2v) is 8.19. The highest BCUT2D eigenvalue weighted by Crippen LogP contribution is 2.24. The highest BCUT2D eigenvalue weighted by atomic mass is 35.5. The van der Waals surface area contributed by atoms with Gasteiger partial charge in [-0.1, -0.05) is 23.7 Å². The lowest BCUT2D eigenvalue weighted by Gasteiger charge is -2.20. The van der Waals surface area contributed by atoms with E-state index in [1.54, 1.807) is 13.1 Å². The minimum atomic E-state index is -2.91. The van der Waals surface area contributed by atoms with Crippen LogP contribution < -0.4 is 15.4 Å². The molecule has 2 N–H and O–H groups in total. The second kappa shape index (κ2) is 7.88. The van der Waals surface area contributed by atoms with Gasteiger partial charge < -0.3 is 15.4 Å². The van der Waals surface area contributed by atoms with Crippen LogP contribution in [0.3, 0.4) is 0 Å². The molecule has 1 aromatic carbocycles. The molecule has 1 aliphatic rings. The van der Waals surface area contributed by atoms with E-state index in [0.717, 1.165) is 0 Å². The molecule has 1 aliphatic heterocycles. The fraction of sp³-hybridized carbons (Fsp3) is 0.533. The van der Waals surface area contributed by atoms with Crippen molar-refractivity contribution in [1.29, 1.82) is 0 Å². The molecular weight excluding hydrogens is 338 g/mol. The SMILES string of the molecule is CN=C(NCC(C)Oc1ccccc1Cl)NC1CCS(=O)(=O)C1. The van der Waals surface area contributed by atoms with Gasteiger partial charge in [0.25, 0.3) is 0 Å². The Hall–Kier alpha value is -1.47. The van der Waals surface area contributed by atoms with E-state index >= 15 is 0 Å². The Bertz CT molecular complexity index is 664. The molecule has 2 atom stereocenters. The van der Waals surface area contributed by atoms with Crippen LogP contribution in [-0.4, -0.2) is 51.6 Å². The highest BCUT2D eigenvalue weighted by molar-refractivity contribution is 7.91. The molecule has 0 bridgehead atoms. The summed E-state index contributed by atoms with van der Waals surface area (Å²) in [6.07, 6.45) is 0.482. The van der Waals surface area contributed by atoms with Crippen molar-refractivity contribution in [3.05, 3.63) is 29.3 Å². The number of halogens is 1. The minimum absolute atomic E-state index is 0.0917. The van der Waals surface area contributed by atoms with Gasteiger partial charge in [0.05, 0.1) is 23.1 Å². The molecule has 8 heteroatoms. The molecule has 0 amide bonds. The number of guanidine groups is 1. The van der Waals surface area contributed by atoms with Gasteiger partial charge in [-0.25, -0.2) is 8.42 Å². The molecule has 2 unspecified atom stereocenters. The lowest BCUT2D eigenvalue weighted by Crippen LogP contribution is -2.46. The maximum atomic E-state index is 11.5. The summed E-state index contributed by atoms with van der Waals surface area (Å²) in [7, 11) is -1.26. The number of nitrogens with one attached hydrogen (secondary N) is 2. The molecular formula is C15H22ClN3O3S. The van der Waals surface area contributed by atoms with E-state index < -0.39 is 9.84 Å². The number of benzene rings is 1. The summed E-state index contributed by atoms with van der Waals surface area (Å²) < 4.78 is 28.7. The van der Waals surface area contributed by atoms with Crippen molar-refractivity contribution in [2.45, 2.75) is 25.5 Å². The van der Waals surface area contributed by atoms with Gasteiger partial charge in [-0.3, -0.25) is 4.99 Å². The maximum absolute atomic E-state index is 11.5. The van der Waals surface area contributed by atoms with E-state index in [9.17, 15) is 8.42 Å². The van der Waals surface area contributed by atoms with Gasteiger partial charge in [0.2, 0.25) is 0 Å².